The fraction of sp³-hybridized carbons (Fsp3) is 0.208. The number of anilines is 1. The van der Waals surface area contributed by atoms with E-state index in [0.29, 0.717) is 30.8 Å². The van der Waals surface area contributed by atoms with Crippen LogP contribution in [0, 0.1) is 0 Å². The van der Waals surface area contributed by atoms with E-state index in [1.54, 1.807) is 6.07 Å². The molecule has 0 unspecified atom stereocenters. The zero-order valence-corrected chi connectivity index (χ0v) is 16.8. The fourth-order valence-corrected chi connectivity index (χ4v) is 6.04. The van der Waals surface area contributed by atoms with Crippen molar-refractivity contribution in [2.24, 2.45) is 0 Å². The van der Waals surface area contributed by atoms with E-state index in [4.69, 9.17) is 0 Å². The van der Waals surface area contributed by atoms with Gasteiger partial charge in [-0.3, -0.25) is 0 Å². The van der Waals surface area contributed by atoms with E-state index in [0.717, 1.165) is 27.4 Å². The Morgan fingerprint density at radius 2 is 1.48 bits per heavy atom. The second-order valence-electron chi connectivity index (χ2n) is 7.60. The van der Waals surface area contributed by atoms with Gasteiger partial charge in [0.25, 0.3) is 0 Å². The monoisotopic (exact) mass is 402 g/mol. The lowest BCUT2D eigenvalue weighted by atomic mass is 10.1. The summed E-state index contributed by atoms with van der Waals surface area (Å²) in [4.78, 5) is 7.23. The Morgan fingerprint density at radius 1 is 0.793 bits per heavy atom. The molecule has 0 N–H and O–H groups in total. The molecular formula is C24H22N2O2S. The van der Waals surface area contributed by atoms with Crippen molar-refractivity contribution in [1.29, 1.82) is 0 Å². The van der Waals surface area contributed by atoms with Gasteiger partial charge < -0.3 is 4.90 Å². The maximum absolute atomic E-state index is 13.3. The number of piperidine rings is 1. The van der Waals surface area contributed by atoms with E-state index >= 15 is 0 Å². The Balaban J connectivity index is 1.39. The first-order chi connectivity index (χ1) is 14.1. The Hall–Kier alpha value is -2.92. The van der Waals surface area contributed by atoms with Crippen LogP contribution in [-0.2, 0) is 9.84 Å². The third-order valence-corrected chi connectivity index (χ3v) is 8.14. The van der Waals surface area contributed by atoms with Gasteiger partial charge in [-0.05, 0) is 47.2 Å². The first kappa shape index (κ1) is 18.1. The number of hydrogen-bond donors (Lipinski definition) is 0. The molecule has 4 nitrogen and oxygen atoms in total. The lowest BCUT2D eigenvalue weighted by Crippen LogP contribution is -2.39. The van der Waals surface area contributed by atoms with Crippen molar-refractivity contribution < 1.29 is 8.42 Å². The quantitative estimate of drug-likeness (QED) is 0.492. The molecule has 3 aromatic carbocycles. The normalized spacial score (nSPS) is 15.8. The predicted molar refractivity (Wildman–Crippen MR) is 118 cm³/mol. The fourth-order valence-electron chi connectivity index (χ4n) is 4.27. The summed E-state index contributed by atoms with van der Waals surface area (Å²) in [7, 11) is -3.35. The molecule has 0 bridgehead atoms. The van der Waals surface area contributed by atoms with E-state index in [-0.39, 0.29) is 5.25 Å². The van der Waals surface area contributed by atoms with Crippen LogP contribution in [0.5, 0.6) is 0 Å². The van der Waals surface area contributed by atoms with Crippen molar-refractivity contribution in [1.82, 2.24) is 4.98 Å². The van der Waals surface area contributed by atoms with Gasteiger partial charge >= 0.3 is 0 Å². The molecule has 29 heavy (non-hydrogen) atoms. The molecule has 146 valence electrons. The first-order valence-electron chi connectivity index (χ1n) is 9.94. The van der Waals surface area contributed by atoms with Crippen LogP contribution in [0.3, 0.4) is 0 Å². The number of sulfone groups is 1. The summed E-state index contributed by atoms with van der Waals surface area (Å²) < 4.78 is 26.5. The smallest absolute Gasteiger partial charge is 0.181 e. The molecule has 1 fully saturated rings. The molecule has 2 heterocycles. The van der Waals surface area contributed by atoms with Crippen molar-refractivity contribution in [3.05, 3.63) is 79.0 Å². The molecular weight excluding hydrogens is 380 g/mol. The van der Waals surface area contributed by atoms with E-state index in [9.17, 15) is 8.42 Å². The highest BCUT2D eigenvalue weighted by atomic mass is 32.2. The maximum atomic E-state index is 13.3. The lowest BCUT2D eigenvalue weighted by Gasteiger charge is -2.33. The van der Waals surface area contributed by atoms with Crippen LogP contribution >= 0.6 is 0 Å². The van der Waals surface area contributed by atoms with Gasteiger partial charge in [-0.2, -0.15) is 0 Å². The van der Waals surface area contributed by atoms with Crippen molar-refractivity contribution in [3.63, 3.8) is 0 Å². The van der Waals surface area contributed by atoms with Crippen LogP contribution in [0.25, 0.3) is 21.5 Å². The molecule has 4 aromatic rings. The maximum Gasteiger partial charge on any atom is 0.181 e. The van der Waals surface area contributed by atoms with Crippen LogP contribution in [0.2, 0.25) is 0 Å². The lowest BCUT2D eigenvalue weighted by molar-refractivity contribution is 0.528. The van der Waals surface area contributed by atoms with E-state index in [1.165, 1.54) is 0 Å². The van der Waals surface area contributed by atoms with Crippen LogP contribution in [0.4, 0.5) is 5.82 Å². The van der Waals surface area contributed by atoms with Crippen molar-refractivity contribution in [2.45, 2.75) is 23.0 Å². The minimum atomic E-state index is -3.35. The third-order valence-electron chi connectivity index (χ3n) is 5.88. The Kier molecular flexibility index (Phi) is 4.47. The van der Waals surface area contributed by atoms with Gasteiger partial charge in [-0.25, -0.2) is 13.4 Å². The number of benzene rings is 3. The first-order valence-corrected chi connectivity index (χ1v) is 11.5. The largest absolute Gasteiger partial charge is 0.356 e. The highest BCUT2D eigenvalue weighted by Crippen LogP contribution is 2.31. The summed E-state index contributed by atoms with van der Waals surface area (Å²) in [5, 5.41) is 3.94. The summed E-state index contributed by atoms with van der Waals surface area (Å²) in [6.45, 7) is 1.39. The molecule has 5 rings (SSSR count). The molecule has 0 radical (unpaired) electrons. The number of pyridine rings is 1. The summed E-state index contributed by atoms with van der Waals surface area (Å²) >= 11 is 0. The van der Waals surface area contributed by atoms with E-state index in [1.807, 2.05) is 60.8 Å². The number of fused-ring (bicyclic) bond motifs is 2. The Labute approximate surface area is 170 Å². The molecule has 1 aromatic heterocycles. The number of rotatable bonds is 3. The summed E-state index contributed by atoms with van der Waals surface area (Å²) in [6.07, 6.45) is 3.05. The van der Waals surface area contributed by atoms with Crippen LogP contribution in [0.1, 0.15) is 12.8 Å². The van der Waals surface area contributed by atoms with Crippen molar-refractivity contribution in [3.8, 4) is 0 Å². The Bertz CT molecular complexity index is 1290. The molecule has 1 aliphatic heterocycles. The van der Waals surface area contributed by atoms with Crippen LogP contribution in [0.15, 0.2) is 83.9 Å². The standard InChI is InChI=1S/C24H22N2O2S/c27-29(28,22-10-9-18-5-1-2-7-20(18)17-22)21-12-15-26(16-13-21)24-23-8-4-3-6-19(23)11-14-25-24/h1-11,14,17,21H,12-13,15-16H2. The van der Waals surface area contributed by atoms with Gasteiger partial charge in [0.1, 0.15) is 5.82 Å². The minimum Gasteiger partial charge on any atom is -0.356 e. The average molecular weight is 403 g/mol. The van der Waals surface area contributed by atoms with Crippen LogP contribution in [-0.4, -0.2) is 31.7 Å². The topological polar surface area (TPSA) is 50.3 Å². The van der Waals surface area contributed by atoms with Gasteiger partial charge in [0, 0.05) is 24.7 Å². The summed E-state index contributed by atoms with van der Waals surface area (Å²) in [5.41, 5.74) is 0. The number of aromatic nitrogens is 1. The Morgan fingerprint density at radius 3 is 2.28 bits per heavy atom. The average Bonchev–Trinajstić information content (AvgIpc) is 2.78. The van der Waals surface area contributed by atoms with Gasteiger partial charge in [-0.1, -0.05) is 54.6 Å². The third kappa shape index (κ3) is 3.25. The zero-order chi connectivity index (χ0) is 19.8. The molecule has 0 aliphatic carbocycles. The number of nitrogens with zero attached hydrogens (tertiary/aromatic N) is 2. The van der Waals surface area contributed by atoms with Crippen molar-refractivity contribution >= 4 is 37.2 Å². The van der Waals surface area contributed by atoms with Gasteiger partial charge in [0.2, 0.25) is 0 Å². The molecule has 1 saturated heterocycles. The molecule has 5 heteroatoms. The molecule has 0 spiro atoms. The van der Waals surface area contributed by atoms with Gasteiger partial charge in [-0.15, -0.1) is 0 Å². The van der Waals surface area contributed by atoms with Gasteiger partial charge in [0.05, 0.1) is 10.1 Å². The molecule has 0 atom stereocenters. The highest BCUT2D eigenvalue weighted by molar-refractivity contribution is 7.92. The molecule has 0 saturated carbocycles. The second kappa shape index (κ2) is 7.16. The molecule has 0 amide bonds. The van der Waals surface area contributed by atoms with E-state index < -0.39 is 9.84 Å². The predicted octanol–water partition coefficient (Wildman–Crippen LogP) is 4.83. The summed E-state index contributed by atoms with van der Waals surface area (Å²) in [5.74, 6) is 0.949. The van der Waals surface area contributed by atoms with Gasteiger partial charge in [0.15, 0.2) is 9.84 Å². The van der Waals surface area contributed by atoms with Crippen molar-refractivity contribution in [2.75, 3.05) is 18.0 Å². The van der Waals surface area contributed by atoms with E-state index in [2.05, 4.69) is 22.0 Å². The number of hydrogen-bond acceptors (Lipinski definition) is 4. The second-order valence-corrected chi connectivity index (χ2v) is 9.82. The highest BCUT2D eigenvalue weighted by Gasteiger charge is 2.32. The summed E-state index contributed by atoms with van der Waals surface area (Å²) in [6, 6.07) is 23.5. The minimum absolute atomic E-state index is 0.352. The SMILES string of the molecule is O=S(=O)(c1ccc2ccccc2c1)C1CCN(c2nccc3ccccc23)CC1. The zero-order valence-electron chi connectivity index (χ0n) is 16.0. The van der Waals surface area contributed by atoms with Crippen LogP contribution < -0.4 is 4.90 Å². The molecule has 1 aliphatic rings.